The summed E-state index contributed by atoms with van der Waals surface area (Å²) in [5.41, 5.74) is 12.6. The fourth-order valence-corrected chi connectivity index (χ4v) is 12.0. The minimum atomic E-state index is -1.99. The van der Waals surface area contributed by atoms with Crippen LogP contribution in [0.25, 0.3) is 0 Å². The number of nitrogens with one attached hydrogen (secondary N) is 4. The Labute approximate surface area is 251 Å². The number of nitrogens with two attached hydrogens (primary N) is 2. The molecule has 0 aromatic carbocycles. The summed E-state index contributed by atoms with van der Waals surface area (Å²) in [6.07, 6.45) is -0.988. The molecule has 0 aromatic rings. The summed E-state index contributed by atoms with van der Waals surface area (Å²) < 4.78 is 0. The Kier molecular flexibility index (Phi) is 19.2. The molecule has 4 amide bonds. The van der Waals surface area contributed by atoms with Crippen LogP contribution in [-0.2, 0) is 38.4 Å². The van der Waals surface area contributed by atoms with Crippen molar-refractivity contribution < 1.29 is 58.8 Å². The van der Waals surface area contributed by atoms with Crippen molar-refractivity contribution in [2.75, 3.05) is 24.6 Å². The van der Waals surface area contributed by atoms with E-state index in [2.05, 4.69) is 21.3 Å². The average Bonchev–Trinajstić information content (AvgIpc) is 2.91. The van der Waals surface area contributed by atoms with Crippen LogP contribution in [0.1, 0.15) is 25.7 Å². The van der Waals surface area contributed by atoms with Crippen molar-refractivity contribution in [1.29, 1.82) is 0 Å². The van der Waals surface area contributed by atoms with Gasteiger partial charge >= 0.3 is 252 Å². The molecule has 0 aliphatic carbocycles. The zero-order chi connectivity index (χ0) is 32.4. The number of aliphatic carboxylic acids is 4. The van der Waals surface area contributed by atoms with Gasteiger partial charge in [0, 0.05) is 0 Å². The second-order valence-electron chi connectivity index (χ2n) is 8.46. The molecular formula is C21H35AsN6O12S2. The van der Waals surface area contributed by atoms with E-state index in [1.807, 2.05) is 5.71 Å². The molecule has 0 fully saturated rings. The van der Waals surface area contributed by atoms with Crippen LogP contribution in [0.15, 0.2) is 0 Å². The van der Waals surface area contributed by atoms with Crippen molar-refractivity contribution in [1.82, 2.24) is 21.3 Å². The first-order valence-electron chi connectivity index (χ1n) is 12.1. The van der Waals surface area contributed by atoms with Crippen LogP contribution in [0.3, 0.4) is 0 Å². The fourth-order valence-electron chi connectivity index (χ4n) is 2.69. The van der Waals surface area contributed by atoms with Gasteiger partial charge in [-0.2, -0.15) is 0 Å². The number of carboxylic acid groups (broad SMARTS) is 4. The number of carboxylic acids is 4. The van der Waals surface area contributed by atoms with E-state index in [1.165, 1.54) is 20.0 Å². The van der Waals surface area contributed by atoms with E-state index in [0.29, 0.717) is 0 Å². The zero-order valence-corrected chi connectivity index (χ0v) is 25.9. The van der Waals surface area contributed by atoms with Crippen LogP contribution in [0, 0.1) is 0 Å². The zero-order valence-electron chi connectivity index (χ0n) is 22.4. The first kappa shape index (κ1) is 38.9. The van der Waals surface area contributed by atoms with Gasteiger partial charge in [0.15, 0.2) is 0 Å². The summed E-state index contributed by atoms with van der Waals surface area (Å²) in [6, 6.07) is -4.92. The van der Waals surface area contributed by atoms with Crippen molar-refractivity contribution in [3.05, 3.63) is 0 Å². The summed E-state index contributed by atoms with van der Waals surface area (Å²) in [7, 11) is 2.55. The summed E-state index contributed by atoms with van der Waals surface area (Å²) in [4.78, 5) is 92.9. The quantitative estimate of drug-likeness (QED) is 0.0486. The Balaban J connectivity index is 5.24. The maximum atomic E-state index is 12.5. The molecule has 0 saturated carbocycles. The van der Waals surface area contributed by atoms with E-state index in [-0.39, 0.29) is 37.2 Å². The SMILES string of the molecule is C[As](SC[C@@H](NC(=O)CC[C@H](N)C(=O)O)C(=O)NCC(=O)O)SC[C@@H](NC(=O)CC[C@H](N)C(=O)O)C(=O)NCC(=O)O. The van der Waals surface area contributed by atoms with E-state index in [1.54, 1.807) is 0 Å². The van der Waals surface area contributed by atoms with Crippen LogP contribution in [0.4, 0.5) is 0 Å². The fraction of sp³-hybridized carbons (Fsp3) is 0.619. The van der Waals surface area contributed by atoms with Crippen molar-refractivity contribution in [3.63, 3.8) is 0 Å². The van der Waals surface area contributed by atoms with Gasteiger partial charge in [-0.15, -0.1) is 0 Å². The molecule has 0 aliphatic rings. The third-order valence-corrected chi connectivity index (χ3v) is 16.4. The van der Waals surface area contributed by atoms with Gasteiger partial charge in [-0.05, 0) is 0 Å². The van der Waals surface area contributed by atoms with E-state index in [4.69, 9.17) is 31.9 Å². The topological polar surface area (TPSA) is 318 Å². The van der Waals surface area contributed by atoms with Crippen LogP contribution in [0.5, 0.6) is 0 Å². The van der Waals surface area contributed by atoms with E-state index < -0.39 is 97.1 Å². The number of rotatable bonds is 22. The third kappa shape index (κ3) is 18.4. The Hall–Kier alpha value is -3.06. The molecule has 0 bridgehead atoms. The molecule has 0 heterocycles. The summed E-state index contributed by atoms with van der Waals surface area (Å²) in [6.45, 7) is -1.40. The number of amides is 4. The molecule has 0 unspecified atom stereocenters. The molecule has 12 N–H and O–H groups in total. The summed E-state index contributed by atoms with van der Waals surface area (Å²) in [5, 5.41) is 44.5. The van der Waals surface area contributed by atoms with Gasteiger partial charge in [0.25, 0.3) is 0 Å². The second-order valence-corrected chi connectivity index (χ2v) is 21.6. The number of carbonyl (C=O) groups excluding carboxylic acids is 4. The molecule has 0 saturated heterocycles. The molecular weight excluding hydrogens is 667 g/mol. The Morgan fingerprint density at radius 2 is 1.00 bits per heavy atom. The second kappa shape index (κ2) is 20.8. The van der Waals surface area contributed by atoms with Crippen LogP contribution in [-0.4, -0.2) is 129 Å². The molecule has 0 rings (SSSR count). The average molecular weight is 703 g/mol. The van der Waals surface area contributed by atoms with Crippen molar-refractivity contribution >= 4 is 79.9 Å². The van der Waals surface area contributed by atoms with Gasteiger partial charge in [0.1, 0.15) is 0 Å². The first-order chi connectivity index (χ1) is 19.5. The van der Waals surface area contributed by atoms with E-state index in [0.717, 1.165) is 0 Å². The van der Waals surface area contributed by atoms with Gasteiger partial charge in [0.05, 0.1) is 0 Å². The molecule has 0 radical (unpaired) electrons. The van der Waals surface area contributed by atoms with Gasteiger partial charge in [0.2, 0.25) is 0 Å². The normalized spacial score (nSPS) is 13.6. The molecule has 21 heteroatoms. The van der Waals surface area contributed by atoms with Crippen LogP contribution >= 0.6 is 20.0 Å². The number of hydrogen-bond donors (Lipinski definition) is 10. The third-order valence-electron chi connectivity index (χ3n) is 4.98. The van der Waals surface area contributed by atoms with Gasteiger partial charge in [-0.1, -0.05) is 0 Å². The first-order valence-corrected chi connectivity index (χ1v) is 20.4. The van der Waals surface area contributed by atoms with Gasteiger partial charge < -0.3 is 0 Å². The molecule has 18 nitrogen and oxygen atoms in total. The molecule has 42 heavy (non-hydrogen) atoms. The molecule has 0 aromatic heterocycles. The van der Waals surface area contributed by atoms with Crippen molar-refractivity contribution in [2.24, 2.45) is 11.5 Å². The van der Waals surface area contributed by atoms with Crippen molar-refractivity contribution in [2.45, 2.75) is 55.6 Å². The maximum absolute atomic E-state index is 12.5. The molecule has 0 spiro atoms. The van der Waals surface area contributed by atoms with Gasteiger partial charge in [-0.3, -0.25) is 0 Å². The summed E-state index contributed by atoms with van der Waals surface area (Å²) in [5.74, 6) is -8.16. The summed E-state index contributed by atoms with van der Waals surface area (Å²) >= 11 is -1.99. The van der Waals surface area contributed by atoms with E-state index >= 15 is 0 Å². The number of hydrogen-bond acceptors (Lipinski definition) is 12. The standard InChI is InChI=1S/C21H35AsN6O12S2/c1-22(41-8-12(18(35)25-6-16(31)32)27-14(29)4-2-10(23)20(37)38)42-9-13(19(36)26-7-17(33)34)28-15(30)5-3-11(24)21(39)40/h10-13H,2-9,23-24H2,1H3,(H,25,35)(H,26,36)(H,27,29)(H,28,30)(H,31,32)(H,33,34)(H,37,38)(H,39,40)/t10-,11-,12+,13+/m0/s1. The van der Waals surface area contributed by atoms with Crippen molar-refractivity contribution in [3.8, 4) is 0 Å². The monoisotopic (exact) mass is 702 g/mol. The van der Waals surface area contributed by atoms with Crippen LogP contribution < -0.4 is 32.7 Å². The van der Waals surface area contributed by atoms with Crippen LogP contribution in [0.2, 0.25) is 5.71 Å². The Morgan fingerprint density at radius 1 is 0.667 bits per heavy atom. The predicted molar refractivity (Wildman–Crippen MR) is 151 cm³/mol. The number of carbonyl (C=O) groups is 8. The molecule has 4 atom stereocenters. The Morgan fingerprint density at radius 3 is 1.29 bits per heavy atom. The predicted octanol–water partition coefficient (Wildman–Crippen LogP) is -3.67. The molecule has 0 aliphatic heterocycles. The minimum absolute atomic E-state index is 0.000982. The van der Waals surface area contributed by atoms with E-state index in [9.17, 15) is 38.4 Å². The molecule has 238 valence electrons. The van der Waals surface area contributed by atoms with Gasteiger partial charge in [-0.25, -0.2) is 0 Å². The Bertz CT molecular complexity index is 931.